The molecule has 2 aliphatic heterocycles. The zero-order valence-corrected chi connectivity index (χ0v) is 20.4. The number of hydrogen-bond donors (Lipinski definition) is 1. The average Bonchev–Trinajstić information content (AvgIpc) is 2.78. The number of anilines is 1. The highest BCUT2D eigenvalue weighted by atomic mass is 35.5. The van der Waals surface area contributed by atoms with Crippen LogP contribution in [0.5, 0.6) is 5.88 Å². The van der Waals surface area contributed by atoms with Gasteiger partial charge in [0.25, 0.3) is 0 Å². The number of rotatable bonds is 7. The van der Waals surface area contributed by atoms with Crippen LogP contribution < -0.4 is 9.64 Å². The predicted molar refractivity (Wildman–Crippen MR) is 132 cm³/mol. The smallest absolute Gasteiger partial charge is 0.247 e. The highest BCUT2D eigenvalue weighted by Crippen LogP contribution is 2.35. The molecule has 2 aliphatic rings. The molecule has 1 N–H and O–H groups in total. The zero-order chi connectivity index (χ0) is 23.7. The van der Waals surface area contributed by atoms with Gasteiger partial charge in [-0.1, -0.05) is 23.7 Å². The summed E-state index contributed by atoms with van der Waals surface area (Å²) in [5, 5.41) is 9.96. The second-order valence-corrected chi connectivity index (χ2v) is 9.84. The molecule has 0 radical (unpaired) electrons. The highest BCUT2D eigenvalue weighted by molar-refractivity contribution is 6.31. The van der Waals surface area contributed by atoms with E-state index in [9.17, 15) is 5.11 Å². The Morgan fingerprint density at radius 2 is 1.97 bits per heavy atom. The van der Waals surface area contributed by atoms with Gasteiger partial charge in [0.05, 0.1) is 6.61 Å². The van der Waals surface area contributed by atoms with E-state index in [4.69, 9.17) is 21.3 Å². The van der Waals surface area contributed by atoms with Crippen molar-refractivity contribution >= 4 is 28.7 Å². The molecule has 0 unspecified atom stereocenters. The summed E-state index contributed by atoms with van der Waals surface area (Å²) >= 11 is 6.48. The van der Waals surface area contributed by atoms with Gasteiger partial charge in [-0.05, 0) is 56.7 Å². The average molecular weight is 483 g/mol. The summed E-state index contributed by atoms with van der Waals surface area (Å²) in [6.07, 6.45) is 5.40. The molecule has 0 aliphatic carbocycles. The Morgan fingerprint density at radius 1 is 1.15 bits per heavy atom. The molecule has 0 amide bonds. The number of piperidine rings is 1. The number of benzene rings is 1. The van der Waals surface area contributed by atoms with Gasteiger partial charge in [-0.15, -0.1) is 0 Å². The first-order valence-corrected chi connectivity index (χ1v) is 12.4. The lowest BCUT2D eigenvalue weighted by Crippen LogP contribution is -2.54. The summed E-state index contributed by atoms with van der Waals surface area (Å²) in [4.78, 5) is 22.9. The number of aryl methyl sites for hydroxylation is 1. The second-order valence-electron chi connectivity index (χ2n) is 9.43. The van der Waals surface area contributed by atoms with E-state index < -0.39 is 0 Å². The van der Waals surface area contributed by atoms with Crippen molar-refractivity contribution in [1.82, 2.24) is 24.8 Å². The molecule has 9 heteroatoms. The molecule has 2 atom stereocenters. The molecule has 2 aromatic heterocycles. The minimum Gasteiger partial charge on any atom is -0.468 e. The fourth-order valence-corrected chi connectivity index (χ4v) is 5.43. The van der Waals surface area contributed by atoms with Gasteiger partial charge >= 0.3 is 0 Å². The van der Waals surface area contributed by atoms with Crippen LogP contribution in [-0.4, -0.2) is 69.3 Å². The van der Waals surface area contributed by atoms with Crippen LogP contribution in [0.1, 0.15) is 37.0 Å². The maximum atomic E-state index is 9.28. The molecule has 0 saturated carbocycles. The van der Waals surface area contributed by atoms with Crippen molar-refractivity contribution in [3.05, 3.63) is 46.7 Å². The molecule has 5 rings (SSSR count). The number of aliphatic hydroxyl groups excluding tert-OH is 1. The lowest BCUT2D eigenvalue weighted by molar-refractivity contribution is 0.101. The number of likely N-dealkylation sites (tertiary alicyclic amines) is 1. The van der Waals surface area contributed by atoms with E-state index in [2.05, 4.69) is 24.8 Å². The lowest BCUT2D eigenvalue weighted by Gasteiger charge is -2.46. The first-order chi connectivity index (χ1) is 16.5. The molecule has 3 aromatic rings. The lowest BCUT2D eigenvalue weighted by atomic mass is 9.81. The fourth-order valence-electron chi connectivity index (χ4n) is 5.04. The molecule has 1 aromatic carbocycles. The SMILES string of the molecule is Cc1ccc([C@@H](C)Oc2nc(N3CC([C@H]4CCCN(CCO)C4)C3)nc3nccnc23)c(Cl)c1. The van der Waals surface area contributed by atoms with Crippen molar-refractivity contribution in [1.29, 1.82) is 0 Å². The number of ether oxygens (including phenoxy) is 1. The summed E-state index contributed by atoms with van der Waals surface area (Å²) in [6.45, 7) is 8.95. The van der Waals surface area contributed by atoms with Gasteiger partial charge in [0.1, 0.15) is 6.10 Å². The van der Waals surface area contributed by atoms with Gasteiger partial charge in [0, 0.05) is 49.2 Å². The van der Waals surface area contributed by atoms with Crippen LogP contribution in [0.3, 0.4) is 0 Å². The van der Waals surface area contributed by atoms with E-state index in [0.717, 1.165) is 43.9 Å². The van der Waals surface area contributed by atoms with Crippen molar-refractivity contribution < 1.29 is 9.84 Å². The van der Waals surface area contributed by atoms with Crippen molar-refractivity contribution in [2.45, 2.75) is 32.8 Å². The van der Waals surface area contributed by atoms with Gasteiger partial charge < -0.3 is 19.6 Å². The van der Waals surface area contributed by atoms with Crippen LogP contribution >= 0.6 is 11.6 Å². The van der Waals surface area contributed by atoms with Crippen molar-refractivity contribution in [3.8, 4) is 5.88 Å². The number of hydrogen-bond acceptors (Lipinski definition) is 8. The van der Waals surface area contributed by atoms with E-state index in [1.165, 1.54) is 12.8 Å². The number of β-amino-alcohol motifs (C(OH)–C–C–N with tert-alkyl or cyclic N) is 1. The number of aliphatic hydroxyl groups is 1. The molecule has 2 fully saturated rings. The molecular formula is C25H31ClN6O2. The number of nitrogens with zero attached hydrogens (tertiary/aromatic N) is 6. The second kappa shape index (κ2) is 9.98. The number of aromatic nitrogens is 4. The third kappa shape index (κ3) is 4.80. The molecule has 34 heavy (non-hydrogen) atoms. The first-order valence-electron chi connectivity index (χ1n) is 12.0. The minimum absolute atomic E-state index is 0.227. The van der Waals surface area contributed by atoms with Gasteiger partial charge in [-0.2, -0.15) is 9.97 Å². The van der Waals surface area contributed by atoms with E-state index in [0.29, 0.717) is 39.9 Å². The summed E-state index contributed by atoms with van der Waals surface area (Å²) < 4.78 is 6.28. The van der Waals surface area contributed by atoms with Crippen molar-refractivity contribution in [2.24, 2.45) is 11.8 Å². The van der Waals surface area contributed by atoms with Gasteiger partial charge in [0.2, 0.25) is 11.8 Å². The van der Waals surface area contributed by atoms with Crippen LogP contribution in [-0.2, 0) is 0 Å². The summed E-state index contributed by atoms with van der Waals surface area (Å²) in [6, 6.07) is 5.95. The zero-order valence-electron chi connectivity index (χ0n) is 19.7. The Hall–Kier alpha value is -2.55. The predicted octanol–water partition coefficient (Wildman–Crippen LogP) is 3.66. The van der Waals surface area contributed by atoms with Crippen LogP contribution in [0.25, 0.3) is 11.2 Å². The molecule has 4 heterocycles. The van der Waals surface area contributed by atoms with Crippen molar-refractivity contribution in [3.63, 3.8) is 0 Å². The third-order valence-corrected chi connectivity index (χ3v) is 7.32. The van der Waals surface area contributed by atoms with Crippen LogP contribution in [0.2, 0.25) is 5.02 Å². The molecule has 0 spiro atoms. The first kappa shape index (κ1) is 23.2. The van der Waals surface area contributed by atoms with Crippen LogP contribution in [0.15, 0.2) is 30.6 Å². The quantitative estimate of drug-likeness (QED) is 0.546. The number of fused-ring (bicyclic) bond motifs is 1. The maximum Gasteiger partial charge on any atom is 0.247 e. The third-order valence-electron chi connectivity index (χ3n) is 6.99. The highest BCUT2D eigenvalue weighted by Gasteiger charge is 2.37. The van der Waals surface area contributed by atoms with E-state index in [1.807, 2.05) is 32.0 Å². The normalized spacial score (nSPS) is 20.4. The van der Waals surface area contributed by atoms with E-state index in [1.54, 1.807) is 12.4 Å². The molecule has 2 saturated heterocycles. The van der Waals surface area contributed by atoms with Crippen molar-refractivity contribution in [2.75, 3.05) is 44.2 Å². The van der Waals surface area contributed by atoms with E-state index in [-0.39, 0.29) is 12.7 Å². The Morgan fingerprint density at radius 3 is 2.76 bits per heavy atom. The topological polar surface area (TPSA) is 87.5 Å². The van der Waals surface area contributed by atoms with Gasteiger partial charge in [0.15, 0.2) is 11.2 Å². The minimum atomic E-state index is -0.301. The maximum absolute atomic E-state index is 9.28. The fraction of sp³-hybridized carbons (Fsp3) is 0.520. The molecular weight excluding hydrogens is 452 g/mol. The number of halogens is 1. The van der Waals surface area contributed by atoms with Crippen LogP contribution in [0.4, 0.5) is 5.95 Å². The standard InChI is InChI=1S/C25H31ClN6O2/c1-16-5-6-20(21(26)12-16)17(2)34-24-22-23(28-8-7-27-22)29-25(30-24)32-14-19(15-32)18-4-3-9-31(13-18)10-11-33/h5-8,12,17-19,33H,3-4,9-11,13-15H2,1-2H3/t17-,18+/m1/s1. The van der Waals surface area contributed by atoms with Crippen LogP contribution in [0, 0.1) is 18.8 Å². The van der Waals surface area contributed by atoms with E-state index >= 15 is 0 Å². The summed E-state index contributed by atoms with van der Waals surface area (Å²) in [5.41, 5.74) is 3.08. The largest absolute Gasteiger partial charge is 0.468 e. The molecule has 180 valence electrons. The monoisotopic (exact) mass is 482 g/mol. The summed E-state index contributed by atoms with van der Waals surface area (Å²) in [7, 11) is 0. The van der Waals surface area contributed by atoms with Gasteiger partial charge in [-0.3, -0.25) is 0 Å². The van der Waals surface area contributed by atoms with Gasteiger partial charge in [-0.25, -0.2) is 9.97 Å². The summed E-state index contributed by atoms with van der Waals surface area (Å²) in [5.74, 6) is 2.31. The Labute approximate surface area is 205 Å². The molecule has 8 nitrogen and oxygen atoms in total. The Kier molecular flexibility index (Phi) is 6.81. The Bertz CT molecular complexity index is 1150. The Balaban J connectivity index is 1.33. The molecule has 0 bridgehead atoms.